The minimum Gasteiger partial charge on any atom is -0.482 e. The molecule has 25 heavy (non-hydrogen) atoms. The SMILES string of the molecule is CCOC(=O)c1c(C)oc2ccc(OC3(c4cnc(C)s4)CC3)cc12. The van der Waals surface area contributed by atoms with Crippen LogP contribution in [0.2, 0.25) is 0 Å². The average Bonchev–Trinajstić information content (AvgIpc) is 3.07. The van der Waals surface area contributed by atoms with E-state index in [9.17, 15) is 4.79 Å². The molecule has 0 atom stereocenters. The van der Waals surface area contributed by atoms with E-state index in [1.165, 1.54) is 0 Å². The minimum atomic E-state index is -0.366. The summed E-state index contributed by atoms with van der Waals surface area (Å²) in [6, 6.07) is 5.59. The van der Waals surface area contributed by atoms with Crippen LogP contribution in [0, 0.1) is 13.8 Å². The second-order valence-electron chi connectivity index (χ2n) is 6.25. The lowest BCUT2D eigenvalue weighted by atomic mass is 10.1. The Morgan fingerprint density at radius 2 is 2.16 bits per heavy atom. The Bertz CT molecular complexity index is 952. The summed E-state index contributed by atoms with van der Waals surface area (Å²) in [4.78, 5) is 17.7. The Morgan fingerprint density at radius 3 is 2.80 bits per heavy atom. The number of hydrogen-bond donors (Lipinski definition) is 0. The Hall–Kier alpha value is -2.34. The molecule has 1 fully saturated rings. The standard InChI is InChI=1S/C19H19NO4S/c1-4-22-18(21)17-11(2)23-15-6-5-13(9-14(15)17)24-19(7-8-19)16-10-20-12(3)25-16/h5-6,9-10H,4,7-8H2,1-3H3. The first-order valence-corrected chi connectivity index (χ1v) is 9.16. The molecule has 4 rings (SSSR count). The number of aromatic nitrogens is 1. The van der Waals surface area contributed by atoms with Crippen molar-refractivity contribution >= 4 is 28.3 Å². The maximum Gasteiger partial charge on any atom is 0.342 e. The van der Waals surface area contributed by atoms with Crippen LogP contribution in [0.1, 0.15) is 45.8 Å². The van der Waals surface area contributed by atoms with Crippen LogP contribution in [-0.4, -0.2) is 17.6 Å². The molecular formula is C19H19NO4S. The Balaban J connectivity index is 1.69. The van der Waals surface area contributed by atoms with Gasteiger partial charge in [0.1, 0.15) is 28.3 Å². The van der Waals surface area contributed by atoms with Gasteiger partial charge in [0.2, 0.25) is 0 Å². The molecule has 2 aromatic heterocycles. The molecule has 6 heteroatoms. The fourth-order valence-corrected chi connectivity index (χ4v) is 3.99. The number of rotatable bonds is 5. The molecule has 0 saturated heterocycles. The first-order chi connectivity index (χ1) is 12.0. The fraction of sp³-hybridized carbons (Fsp3) is 0.368. The predicted molar refractivity (Wildman–Crippen MR) is 95.3 cm³/mol. The maximum atomic E-state index is 12.2. The van der Waals surface area contributed by atoms with Crippen molar-refractivity contribution in [2.75, 3.05) is 6.61 Å². The minimum absolute atomic E-state index is 0.275. The van der Waals surface area contributed by atoms with Gasteiger partial charge in [-0.2, -0.15) is 0 Å². The summed E-state index contributed by atoms with van der Waals surface area (Å²) in [6.07, 6.45) is 3.85. The van der Waals surface area contributed by atoms with E-state index in [1.54, 1.807) is 25.2 Å². The lowest BCUT2D eigenvalue weighted by molar-refractivity contribution is 0.0526. The zero-order chi connectivity index (χ0) is 17.6. The van der Waals surface area contributed by atoms with Gasteiger partial charge < -0.3 is 13.9 Å². The molecule has 5 nitrogen and oxygen atoms in total. The van der Waals surface area contributed by atoms with E-state index >= 15 is 0 Å². The Kier molecular flexibility index (Phi) is 3.80. The highest BCUT2D eigenvalue weighted by molar-refractivity contribution is 7.11. The number of hydrogen-bond acceptors (Lipinski definition) is 6. The number of carbonyl (C=O) groups excluding carboxylic acids is 1. The molecule has 0 bridgehead atoms. The number of ether oxygens (including phenoxy) is 2. The number of furan rings is 1. The monoisotopic (exact) mass is 357 g/mol. The van der Waals surface area contributed by atoms with Crippen molar-refractivity contribution in [3.05, 3.63) is 45.6 Å². The Labute approximate surface area is 149 Å². The van der Waals surface area contributed by atoms with Crippen LogP contribution in [0.5, 0.6) is 5.75 Å². The van der Waals surface area contributed by atoms with Gasteiger partial charge >= 0.3 is 5.97 Å². The van der Waals surface area contributed by atoms with Gasteiger partial charge in [0.05, 0.1) is 16.5 Å². The number of esters is 1. The number of nitrogens with zero attached hydrogens (tertiary/aromatic N) is 1. The third-order valence-corrected chi connectivity index (χ3v) is 5.50. The first-order valence-electron chi connectivity index (χ1n) is 8.34. The highest BCUT2D eigenvalue weighted by atomic mass is 32.1. The summed E-state index contributed by atoms with van der Waals surface area (Å²) >= 11 is 1.67. The van der Waals surface area contributed by atoms with Gasteiger partial charge in [0.15, 0.2) is 0 Å². The zero-order valence-electron chi connectivity index (χ0n) is 14.4. The maximum absolute atomic E-state index is 12.2. The van der Waals surface area contributed by atoms with Crippen molar-refractivity contribution in [1.82, 2.24) is 4.98 Å². The third-order valence-electron chi connectivity index (χ3n) is 4.40. The molecule has 0 unspecified atom stereocenters. The molecule has 0 amide bonds. The summed E-state index contributed by atoms with van der Waals surface area (Å²) in [7, 11) is 0. The lowest BCUT2D eigenvalue weighted by Gasteiger charge is -2.16. The molecular weight excluding hydrogens is 338 g/mol. The van der Waals surface area contributed by atoms with Gasteiger partial charge in [0, 0.05) is 11.6 Å². The van der Waals surface area contributed by atoms with Crippen molar-refractivity contribution < 1.29 is 18.7 Å². The van der Waals surface area contributed by atoms with Gasteiger partial charge in [-0.05, 0) is 51.8 Å². The van der Waals surface area contributed by atoms with Crippen LogP contribution in [0.3, 0.4) is 0 Å². The van der Waals surface area contributed by atoms with E-state index < -0.39 is 0 Å². The molecule has 0 N–H and O–H groups in total. The van der Waals surface area contributed by atoms with E-state index in [0.717, 1.165) is 33.9 Å². The van der Waals surface area contributed by atoms with Crippen LogP contribution >= 0.6 is 11.3 Å². The molecule has 0 spiro atoms. The molecule has 1 aliphatic rings. The summed E-state index contributed by atoms with van der Waals surface area (Å²) in [5.74, 6) is 0.919. The van der Waals surface area contributed by atoms with Crippen molar-refractivity contribution in [2.45, 2.75) is 39.2 Å². The molecule has 3 aromatic rings. The van der Waals surface area contributed by atoms with Crippen molar-refractivity contribution in [3.8, 4) is 5.75 Å². The van der Waals surface area contributed by atoms with Crippen molar-refractivity contribution in [1.29, 1.82) is 0 Å². The normalized spacial score (nSPS) is 15.3. The number of thiazole rings is 1. The smallest absolute Gasteiger partial charge is 0.342 e. The fourth-order valence-electron chi connectivity index (χ4n) is 3.03. The van der Waals surface area contributed by atoms with E-state index in [4.69, 9.17) is 13.9 Å². The molecule has 1 aromatic carbocycles. The van der Waals surface area contributed by atoms with E-state index in [1.807, 2.05) is 31.3 Å². The quantitative estimate of drug-likeness (QED) is 0.617. The molecule has 1 aliphatic carbocycles. The summed E-state index contributed by atoms with van der Waals surface area (Å²) in [6.45, 7) is 5.89. The summed E-state index contributed by atoms with van der Waals surface area (Å²) < 4.78 is 17.1. The van der Waals surface area contributed by atoms with Gasteiger partial charge in [-0.25, -0.2) is 9.78 Å². The topological polar surface area (TPSA) is 61.6 Å². The lowest BCUT2D eigenvalue weighted by Crippen LogP contribution is -2.13. The first kappa shape index (κ1) is 16.1. The number of carbonyl (C=O) groups is 1. The number of fused-ring (bicyclic) bond motifs is 1. The average molecular weight is 357 g/mol. The molecule has 0 aliphatic heterocycles. The highest BCUT2D eigenvalue weighted by Crippen LogP contribution is 2.51. The van der Waals surface area contributed by atoms with Crippen molar-refractivity contribution in [2.24, 2.45) is 0 Å². The van der Waals surface area contributed by atoms with E-state index in [-0.39, 0.29) is 11.6 Å². The predicted octanol–water partition coefficient (Wildman–Crippen LogP) is 4.75. The van der Waals surface area contributed by atoms with Crippen LogP contribution < -0.4 is 4.74 Å². The van der Waals surface area contributed by atoms with Crippen LogP contribution in [0.15, 0.2) is 28.8 Å². The summed E-state index contributed by atoms with van der Waals surface area (Å²) in [5, 5.41) is 1.76. The van der Waals surface area contributed by atoms with Gasteiger partial charge in [0.25, 0.3) is 0 Å². The third kappa shape index (κ3) is 2.80. The summed E-state index contributed by atoms with van der Waals surface area (Å²) in [5.41, 5.74) is 0.856. The second-order valence-corrected chi connectivity index (χ2v) is 7.49. The van der Waals surface area contributed by atoms with E-state index in [2.05, 4.69) is 4.98 Å². The highest BCUT2D eigenvalue weighted by Gasteiger charge is 2.49. The van der Waals surface area contributed by atoms with E-state index in [0.29, 0.717) is 23.5 Å². The van der Waals surface area contributed by atoms with Gasteiger partial charge in [-0.15, -0.1) is 11.3 Å². The molecule has 1 saturated carbocycles. The molecule has 130 valence electrons. The zero-order valence-corrected chi connectivity index (χ0v) is 15.2. The Morgan fingerprint density at radius 1 is 1.36 bits per heavy atom. The van der Waals surface area contributed by atoms with Crippen molar-refractivity contribution in [3.63, 3.8) is 0 Å². The van der Waals surface area contributed by atoms with Crippen LogP contribution in [0.25, 0.3) is 11.0 Å². The van der Waals surface area contributed by atoms with Crippen LogP contribution in [0.4, 0.5) is 0 Å². The number of benzene rings is 1. The van der Waals surface area contributed by atoms with Crippen LogP contribution in [-0.2, 0) is 10.3 Å². The number of aryl methyl sites for hydroxylation is 2. The second kappa shape index (κ2) is 5.88. The van der Waals surface area contributed by atoms with Gasteiger partial charge in [-0.1, -0.05) is 0 Å². The largest absolute Gasteiger partial charge is 0.482 e. The van der Waals surface area contributed by atoms with Gasteiger partial charge in [-0.3, -0.25) is 0 Å². The molecule has 0 radical (unpaired) electrons. The molecule has 2 heterocycles.